The van der Waals surface area contributed by atoms with E-state index in [-0.39, 0.29) is 5.41 Å². The molecular formula is C10H14ClNO. The first kappa shape index (κ1) is 9.23. The lowest BCUT2D eigenvalue weighted by Crippen LogP contribution is -2.29. The standard InChI is InChI=1S/C10H14ClNO/c11-5-9-3-8-1-2-10(9,4-8)6-12-7-13/h8-9H,1-6H2. The predicted octanol–water partition coefficient (Wildman–Crippen LogP) is 2.37. The number of alkyl halides is 1. The number of nitrogens with zero attached hydrogens (tertiary/aromatic N) is 1. The summed E-state index contributed by atoms with van der Waals surface area (Å²) < 4.78 is 0. The maximum absolute atomic E-state index is 10.1. The minimum absolute atomic E-state index is 0.268. The van der Waals surface area contributed by atoms with E-state index in [0.717, 1.165) is 11.8 Å². The highest BCUT2D eigenvalue weighted by Gasteiger charge is 2.51. The van der Waals surface area contributed by atoms with Gasteiger partial charge in [0, 0.05) is 5.88 Å². The number of hydrogen-bond acceptors (Lipinski definition) is 2. The Morgan fingerprint density at radius 1 is 1.62 bits per heavy atom. The number of rotatable bonds is 3. The van der Waals surface area contributed by atoms with Crippen molar-refractivity contribution in [2.24, 2.45) is 22.2 Å². The molecule has 0 aromatic heterocycles. The van der Waals surface area contributed by atoms with Crippen LogP contribution in [0.5, 0.6) is 0 Å². The Morgan fingerprint density at radius 3 is 3.08 bits per heavy atom. The van der Waals surface area contributed by atoms with Crippen molar-refractivity contribution >= 4 is 17.7 Å². The highest BCUT2D eigenvalue weighted by molar-refractivity contribution is 6.18. The lowest BCUT2D eigenvalue weighted by atomic mass is 9.76. The van der Waals surface area contributed by atoms with Crippen LogP contribution >= 0.6 is 11.6 Å². The second kappa shape index (κ2) is 3.43. The third kappa shape index (κ3) is 1.43. The Labute approximate surface area is 83.4 Å². The minimum Gasteiger partial charge on any atom is -0.211 e. The summed E-state index contributed by atoms with van der Waals surface area (Å²) in [5, 5.41) is 0. The lowest BCUT2D eigenvalue weighted by Gasteiger charge is -2.31. The Bertz CT molecular complexity index is 249. The van der Waals surface area contributed by atoms with E-state index in [1.807, 2.05) is 0 Å². The normalized spacial score (nSPS) is 41.9. The monoisotopic (exact) mass is 199 g/mol. The summed E-state index contributed by atoms with van der Waals surface area (Å²) in [5.74, 6) is 2.17. The first-order valence-corrected chi connectivity index (χ1v) is 5.44. The molecule has 2 rings (SSSR count). The molecule has 3 unspecified atom stereocenters. The maximum Gasteiger partial charge on any atom is 0.234 e. The minimum atomic E-state index is 0.268. The fraction of sp³-hybridized carbons (Fsp3) is 0.900. The predicted molar refractivity (Wildman–Crippen MR) is 51.6 cm³/mol. The van der Waals surface area contributed by atoms with Crippen LogP contribution < -0.4 is 0 Å². The van der Waals surface area contributed by atoms with Crippen LogP contribution in [0.3, 0.4) is 0 Å². The Balaban J connectivity index is 2.12. The number of halogens is 1. The summed E-state index contributed by atoms with van der Waals surface area (Å²) in [6.07, 6.45) is 6.64. The van der Waals surface area contributed by atoms with Crippen molar-refractivity contribution in [1.29, 1.82) is 0 Å². The molecule has 0 spiro atoms. The van der Waals surface area contributed by atoms with Gasteiger partial charge in [-0.2, -0.15) is 0 Å². The Morgan fingerprint density at radius 2 is 2.46 bits per heavy atom. The van der Waals surface area contributed by atoms with Gasteiger partial charge in [-0.05, 0) is 42.9 Å². The van der Waals surface area contributed by atoms with Gasteiger partial charge in [-0.1, -0.05) is 0 Å². The quantitative estimate of drug-likeness (QED) is 0.390. The molecule has 2 aliphatic carbocycles. The molecule has 2 aliphatic rings. The van der Waals surface area contributed by atoms with Gasteiger partial charge < -0.3 is 0 Å². The molecule has 2 bridgehead atoms. The van der Waals surface area contributed by atoms with Crippen molar-refractivity contribution in [3.8, 4) is 0 Å². The van der Waals surface area contributed by atoms with Crippen molar-refractivity contribution in [2.75, 3.05) is 12.4 Å². The van der Waals surface area contributed by atoms with Gasteiger partial charge in [0.25, 0.3) is 0 Å². The van der Waals surface area contributed by atoms with E-state index >= 15 is 0 Å². The van der Waals surface area contributed by atoms with Crippen LogP contribution in [-0.2, 0) is 4.79 Å². The van der Waals surface area contributed by atoms with E-state index in [1.54, 1.807) is 6.08 Å². The van der Waals surface area contributed by atoms with E-state index in [1.165, 1.54) is 25.7 Å². The summed E-state index contributed by atoms with van der Waals surface area (Å²) in [4.78, 5) is 13.9. The summed E-state index contributed by atoms with van der Waals surface area (Å²) in [7, 11) is 0. The van der Waals surface area contributed by atoms with Crippen LogP contribution in [0.15, 0.2) is 4.99 Å². The highest BCUT2D eigenvalue weighted by Crippen LogP contribution is 2.57. The van der Waals surface area contributed by atoms with Crippen LogP contribution in [0.4, 0.5) is 0 Å². The summed E-state index contributed by atoms with van der Waals surface area (Å²) in [6, 6.07) is 0. The topological polar surface area (TPSA) is 29.4 Å². The van der Waals surface area contributed by atoms with Crippen molar-refractivity contribution < 1.29 is 4.79 Å². The number of aliphatic imine (C=N–C) groups is 1. The number of fused-ring (bicyclic) bond motifs is 2. The third-order valence-electron chi connectivity index (χ3n) is 3.87. The van der Waals surface area contributed by atoms with Crippen LogP contribution in [0.2, 0.25) is 0 Å². The molecule has 2 fully saturated rings. The van der Waals surface area contributed by atoms with E-state index < -0.39 is 0 Å². The molecule has 0 aromatic carbocycles. The molecule has 0 heterocycles. The van der Waals surface area contributed by atoms with Crippen molar-refractivity contribution in [3.63, 3.8) is 0 Å². The highest BCUT2D eigenvalue weighted by atomic mass is 35.5. The molecule has 0 radical (unpaired) electrons. The van der Waals surface area contributed by atoms with Crippen molar-refractivity contribution in [1.82, 2.24) is 0 Å². The van der Waals surface area contributed by atoms with Gasteiger partial charge in [-0.15, -0.1) is 11.6 Å². The van der Waals surface area contributed by atoms with Crippen LogP contribution in [0, 0.1) is 17.3 Å². The van der Waals surface area contributed by atoms with Gasteiger partial charge in [-0.25, -0.2) is 9.79 Å². The molecule has 3 atom stereocenters. The van der Waals surface area contributed by atoms with Crippen LogP contribution in [0.1, 0.15) is 25.7 Å². The SMILES string of the molecule is O=C=NCC12CCC(CC1CCl)C2. The van der Waals surface area contributed by atoms with Crippen LogP contribution in [0.25, 0.3) is 0 Å². The second-order valence-electron chi connectivity index (χ2n) is 4.47. The molecule has 3 heteroatoms. The molecule has 0 N–H and O–H groups in total. The molecule has 2 saturated carbocycles. The zero-order valence-corrected chi connectivity index (χ0v) is 8.39. The van der Waals surface area contributed by atoms with Gasteiger partial charge in [0.2, 0.25) is 6.08 Å². The van der Waals surface area contributed by atoms with Gasteiger partial charge in [0.1, 0.15) is 0 Å². The number of hydrogen-bond donors (Lipinski definition) is 0. The van der Waals surface area contributed by atoms with E-state index in [9.17, 15) is 4.79 Å². The molecule has 0 amide bonds. The fourth-order valence-corrected chi connectivity index (χ4v) is 3.64. The van der Waals surface area contributed by atoms with Gasteiger partial charge in [0.05, 0.1) is 6.54 Å². The third-order valence-corrected chi connectivity index (χ3v) is 4.25. The van der Waals surface area contributed by atoms with Crippen molar-refractivity contribution in [2.45, 2.75) is 25.7 Å². The van der Waals surface area contributed by atoms with Gasteiger partial charge in [0.15, 0.2) is 0 Å². The molecule has 13 heavy (non-hydrogen) atoms. The first-order valence-electron chi connectivity index (χ1n) is 4.90. The van der Waals surface area contributed by atoms with Gasteiger partial charge >= 0.3 is 0 Å². The van der Waals surface area contributed by atoms with Crippen LogP contribution in [-0.4, -0.2) is 18.5 Å². The molecule has 0 aromatic rings. The molecular weight excluding hydrogens is 186 g/mol. The van der Waals surface area contributed by atoms with E-state index in [0.29, 0.717) is 12.5 Å². The molecule has 2 nitrogen and oxygen atoms in total. The van der Waals surface area contributed by atoms with E-state index in [2.05, 4.69) is 4.99 Å². The Kier molecular flexibility index (Phi) is 2.44. The largest absolute Gasteiger partial charge is 0.234 e. The molecule has 72 valence electrons. The smallest absolute Gasteiger partial charge is 0.211 e. The van der Waals surface area contributed by atoms with Crippen molar-refractivity contribution in [3.05, 3.63) is 0 Å². The van der Waals surface area contributed by atoms with E-state index in [4.69, 9.17) is 11.6 Å². The molecule has 0 aliphatic heterocycles. The zero-order chi connectivity index (χ0) is 9.31. The number of carbonyl (C=O) groups excluding carboxylic acids is 1. The second-order valence-corrected chi connectivity index (χ2v) is 4.77. The first-order chi connectivity index (χ1) is 6.30. The average molecular weight is 200 g/mol. The fourth-order valence-electron chi connectivity index (χ4n) is 3.18. The summed E-state index contributed by atoms with van der Waals surface area (Å²) in [6.45, 7) is 0.657. The zero-order valence-electron chi connectivity index (χ0n) is 7.63. The summed E-state index contributed by atoms with van der Waals surface area (Å²) >= 11 is 5.93. The van der Waals surface area contributed by atoms with Gasteiger partial charge in [-0.3, -0.25) is 0 Å². The summed E-state index contributed by atoms with van der Waals surface area (Å²) in [5.41, 5.74) is 0.268. The Hall–Kier alpha value is -0.330. The number of isocyanates is 1. The lowest BCUT2D eigenvalue weighted by molar-refractivity contribution is 0.215. The average Bonchev–Trinajstić information content (AvgIpc) is 2.71. The molecule has 0 saturated heterocycles. The maximum atomic E-state index is 10.1.